The van der Waals surface area contributed by atoms with Crippen molar-refractivity contribution < 1.29 is 22.7 Å². The first-order valence-electron chi connectivity index (χ1n) is 9.78. The van der Waals surface area contributed by atoms with Gasteiger partial charge in [0.15, 0.2) is 11.5 Å². The average Bonchev–Trinajstić information content (AvgIpc) is 3.30. The number of rotatable bonds is 7. The summed E-state index contributed by atoms with van der Waals surface area (Å²) in [4.78, 5) is 14.7. The molecule has 0 aliphatic carbocycles. The molecule has 1 saturated heterocycles. The summed E-state index contributed by atoms with van der Waals surface area (Å²) in [7, 11) is 1.51. The molecule has 1 aromatic carbocycles. The summed E-state index contributed by atoms with van der Waals surface area (Å²) >= 11 is 1.22. The Labute approximate surface area is 182 Å². The van der Waals surface area contributed by atoms with E-state index in [1.54, 1.807) is 43.7 Å². The van der Waals surface area contributed by atoms with E-state index in [4.69, 9.17) is 9.47 Å². The molecule has 0 atom stereocenters. The predicted octanol–water partition coefficient (Wildman–Crippen LogP) is 3.13. The fourth-order valence-electron chi connectivity index (χ4n) is 3.72. The lowest BCUT2D eigenvalue weighted by atomic mass is 9.96. The average molecular weight is 453 g/mol. The number of carbonyl (C=O) groups is 1. The molecule has 2 heterocycles. The van der Waals surface area contributed by atoms with Gasteiger partial charge in [0, 0.05) is 32.6 Å². The summed E-state index contributed by atoms with van der Waals surface area (Å²) in [6, 6.07) is 7.16. The van der Waals surface area contributed by atoms with Gasteiger partial charge in [-0.05, 0) is 54.5 Å². The highest BCUT2D eigenvalue weighted by Gasteiger charge is 2.33. The molecule has 0 N–H and O–H groups in total. The lowest BCUT2D eigenvalue weighted by Crippen LogP contribution is -2.43. The minimum absolute atomic E-state index is 0.0392. The number of methoxy groups -OCH3 is 2. The maximum atomic E-state index is 13.0. The van der Waals surface area contributed by atoms with E-state index in [2.05, 4.69) is 0 Å². The van der Waals surface area contributed by atoms with Gasteiger partial charge in [-0.2, -0.15) is 4.31 Å². The van der Waals surface area contributed by atoms with Crippen molar-refractivity contribution in [1.29, 1.82) is 0 Å². The van der Waals surface area contributed by atoms with Crippen LogP contribution in [0.4, 0.5) is 0 Å². The van der Waals surface area contributed by atoms with Crippen LogP contribution in [0.1, 0.15) is 24.0 Å². The SMILES string of the molecule is COc1cc(C)c(CN(C)C(=O)C2CCN(S(=O)(=O)c3cccs3)CC2)cc1OC. The van der Waals surface area contributed by atoms with Crippen LogP contribution in [-0.2, 0) is 21.4 Å². The molecule has 30 heavy (non-hydrogen) atoms. The van der Waals surface area contributed by atoms with E-state index in [0.29, 0.717) is 48.2 Å². The second kappa shape index (κ2) is 9.36. The van der Waals surface area contributed by atoms with Crippen LogP contribution in [0.25, 0.3) is 0 Å². The Balaban J connectivity index is 1.63. The van der Waals surface area contributed by atoms with E-state index in [9.17, 15) is 13.2 Å². The highest BCUT2D eigenvalue weighted by molar-refractivity contribution is 7.91. The molecule has 2 aromatic rings. The number of aryl methyl sites for hydroxylation is 1. The molecule has 7 nitrogen and oxygen atoms in total. The number of amides is 1. The molecule has 9 heteroatoms. The van der Waals surface area contributed by atoms with Crippen molar-refractivity contribution in [2.75, 3.05) is 34.4 Å². The van der Waals surface area contributed by atoms with E-state index >= 15 is 0 Å². The fourth-order valence-corrected chi connectivity index (χ4v) is 6.33. The molecule has 1 aromatic heterocycles. The van der Waals surface area contributed by atoms with Gasteiger partial charge in [-0.3, -0.25) is 4.79 Å². The van der Waals surface area contributed by atoms with E-state index < -0.39 is 10.0 Å². The van der Waals surface area contributed by atoms with Crippen molar-refractivity contribution in [1.82, 2.24) is 9.21 Å². The molecule has 1 amide bonds. The third-order valence-electron chi connectivity index (χ3n) is 5.52. The van der Waals surface area contributed by atoms with Gasteiger partial charge in [-0.15, -0.1) is 11.3 Å². The molecule has 0 bridgehead atoms. The standard InChI is InChI=1S/C21H28N2O5S2/c1-15-12-18(27-3)19(28-4)13-17(15)14-22(2)21(24)16-7-9-23(10-8-16)30(25,26)20-6-5-11-29-20/h5-6,11-13,16H,7-10,14H2,1-4H3. The van der Waals surface area contributed by atoms with Crippen molar-refractivity contribution in [3.05, 3.63) is 40.8 Å². The smallest absolute Gasteiger partial charge is 0.252 e. The van der Waals surface area contributed by atoms with Gasteiger partial charge >= 0.3 is 0 Å². The van der Waals surface area contributed by atoms with Crippen LogP contribution in [0.2, 0.25) is 0 Å². The molecule has 0 saturated carbocycles. The minimum atomic E-state index is -3.46. The second-order valence-corrected chi connectivity index (χ2v) is 10.6. The number of hydrogen-bond acceptors (Lipinski definition) is 6. The summed E-state index contributed by atoms with van der Waals surface area (Å²) in [5.74, 6) is 1.15. The van der Waals surface area contributed by atoms with Crippen LogP contribution in [0.3, 0.4) is 0 Å². The van der Waals surface area contributed by atoms with Gasteiger partial charge in [0.25, 0.3) is 10.0 Å². The normalized spacial score (nSPS) is 15.7. The molecule has 1 aliphatic rings. The molecular weight excluding hydrogens is 424 g/mol. The quantitative estimate of drug-likeness (QED) is 0.645. The van der Waals surface area contributed by atoms with Crippen molar-refractivity contribution in [3.8, 4) is 11.5 Å². The number of thiophene rings is 1. The molecule has 0 spiro atoms. The number of sulfonamides is 1. The Morgan fingerprint density at radius 3 is 2.40 bits per heavy atom. The van der Waals surface area contributed by atoms with Gasteiger partial charge in [-0.1, -0.05) is 6.07 Å². The van der Waals surface area contributed by atoms with E-state index in [-0.39, 0.29) is 11.8 Å². The third kappa shape index (κ3) is 4.63. The van der Waals surface area contributed by atoms with Crippen LogP contribution < -0.4 is 9.47 Å². The van der Waals surface area contributed by atoms with Crippen molar-refractivity contribution >= 4 is 27.3 Å². The summed E-state index contributed by atoms with van der Waals surface area (Å²) in [6.45, 7) is 3.15. The number of piperidine rings is 1. The maximum absolute atomic E-state index is 13.0. The Morgan fingerprint density at radius 1 is 1.20 bits per heavy atom. The topological polar surface area (TPSA) is 76.2 Å². The van der Waals surface area contributed by atoms with E-state index in [1.807, 2.05) is 19.1 Å². The Kier molecular flexibility index (Phi) is 7.05. The summed E-state index contributed by atoms with van der Waals surface area (Å²) in [5, 5.41) is 1.76. The van der Waals surface area contributed by atoms with Crippen LogP contribution in [-0.4, -0.2) is 57.9 Å². The highest BCUT2D eigenvalue weighted by Crippen LogP contribution is 2.31. The van der Waals surface area contributed by atoms with Gasteiger partial charge in [-0.25, -0.2) is 8.42 Å². The summed E-state index contributed by atoms with van der Waals surface area (Å²) in [5.41, 5.74) is 2.00. The first-order valence-corrected chi connectivity index (χ1v) is 12.1. The fraction of sp³-hybridized carbons (Fsp3) is 0.476. The minimum Gasteiger partial charge on any atom is -0.493 e. The lowest BCUT2D eigenvalue weighted by Gasteiger charge is -2.32. The predicted molar refractivity (Wildman–Crippen MR) is 117 cm³/mol. The van der Waals surface area contributed by atoms with E-state index in [0.717, 1.165) is 11.1 Å². The van der Waals surface area contributed by atoms with Gasteiger partial charge < -0.3 is 14.4 Å². The third-order valence-corrected chi connectivity index (χ3v) is 8.79. The van der Waals surface area contributed by atoms with Crippen molar-refractivity contribution in [2.45, 2.75) is 30.5 Å². The van der Waals surface area contributed by atoms with E-state index in [1.165, 1.54) is 15.6 Å². The maximum Gasteiger partial charge on any atom is 0.252 e. The number of benzene rings is 1. The van der Waals surface area contributed by atoms with Crippen LogP contribution in [0.15, 0.2) is 33.9 Å². The summed E-state index contributed by atoms with van der Waals surface area (Å²) in [6.07, 6.45) is 1.05. The van der Waals surface area contributed by atoms with Crippen LogP contribution in [0.5, 0.6) is 11.5 Å². The van der Waals surface area contributed by atoms with Crippen LogP contribution >= 0.6 is 11.3 Å². The first-order chi connectivity index (χ1) is 14.3. The molecular formula is C21H28N2O5S2. The van der Waals surface area contributed by atoms with Crippen molar-refractivity contribution in [2.24, 2.45) is 5.92 Å². The Hall–Kier alpha value is -2.10. The molecule has 0 radical (unpaired) electrons. The largest absolute Gasteiger partial charge is 0.493 e. The number of nitrogens with zero attached hydrogens (tertiary/aromatic N) is 2. The molecule has 1 fully saturated rings. The zero-order chi connectivity index (χ0) is 21.9. The lowest BCUT2D eigenvalue weighted by molar-refractivity contribution is -0.135. The molecule has 164 valence electrons. The van der Waals surface area contributed by atoms with Gasteiger partial charge in [0.05, 0.1) is 14.2 Å². The monoisotopic (exact) mass is 452 g/mol. The van der Waals surface area contributed by atoms with Gasteiger partial charge in [0.1, 0.15) is 4.21 Å². The number of ether oxygens (including phenoxy) is 2. The van der Waals surface area contributed by atoms with Crippen molar-refractivity contribution in [3.63, 3.8) is 0 Å². The number of hydrogen-bond donors (Lipinski definition) is 0. The Morgan fingerprint density at radius 2 is 1.83 bits per heavy atom. The molecule has 0 unspecified atom stereocenters. The summed E-state index contributed by atoms with van der Waals surface area (Å²) < 4.78 is 37.9. The highest BCUT2D eigenvalue weighted by atomic mass is 32.2. The first kappa shape index (κ1) is 22.6. The molecule has 3 rings (SSSR count). The molecule has 1 aliphatic heterocycles. The zero-order valence-corrected chi connectivity index (χ0v) is 19.4. The second-order valence-electron chi connectivity index (χ2n) is 7.44. The number of carbonyl (C=O) groups excluding carboxylic acids is 1. The zero-order valence-electron chi connectivity index (χ0n) is 17.8. The van der Waals surface area contributed by atoms with Crippen LogP contribution in [0, 0.1) is 12.8 Å². The Bertz CT molecular complexity index is 981. The van der Waals surface area contributed by atoms with Gasteiger partial charge in [0.2, 0.25) is 5.91 Å².